The van der Waals surface area contributed by atoms with Gasteiger partial charge in [0, 0.05) is 15.2 Å². The number of hydrogen-bond acceptors (Lipinski definition) is 2. The van der Waals surface area contributed by atoms with Crippen LogP contribution < -0.4 is 5.32 Å². The van der Waals surface area contributed by atoms with Gasteiger partial charge in [-0.25, -0.2) is 0 Å². The minimum absolute atomic E-state index is 0.235. The Bertz CT molecular complexity index is 746. The Morgan fingerprint density at radius 3 is 2.50 bits per heavy atom. The van der Waals surface area contributed by atoms with Crippen LogP contribution in [0.2, 0.25) is 5.02 Å². The van der Waals surface area contributed by atoms with Crippen LogP contribution in [0.1, 0.15) is 17.5 Å². The molecule has 6 heteroatoms. The molecule has 2 aromatic carbocycles. The minimum Gasteiger partial charge on any atom is -0.481 e. The third-order valence-corrected chi connectivity index (χ3v) is 4.65. The van der Waals surface area contributed by atoms with Crippen LogP contribution in [0, 0.1) is 12.8 Å². The minimum atomic E-state index is -1.00. The molecular formula is C18H17BrClNO3. The van der Waals surface area contributed by atoms with Crippen molar-refractivity contribution in [2.45, 2.75) is 19.8 Å². The van der Waals surface area contributed by atoms with Crippen molar-refractivity contribution < 1.29 is 14.7 Å². The van der Waals surface area contributed by atoms with E-state index in [0.717, 1.165) is 15.6 Å². The molecule has 0 fully saturated rings. The number of anilines is 1. The molecular weight excluding hydrogens is 394 g/mol. The molecule has 0 heterocycles. The third-order valence-electron chi connectivity index (χ3n) is 3.71. The highest BCUT2D eigenvalue weighted by molar-refractivity contribution is 9.10. The highest BCUT2D eigenvalue weighted by Gasteiger charge is 2.23. The van der Waals surface area contributed by atoms with E-state index in [1.165, 1.54) is 0 Å². The first-order valence-corrected chi connectivity index (χ1v) is 8.56. The number of rotatable bonds is 6. The summed E-state index contributed by atoms with van der Waals surface area (Å²) in [5.74, 6) is -2.00. The van der Waals surface area contributed by atoms with Gasteiger partial charge in [-0.1, -0.05) is 45.7 Å². The van der Waals surface area contributed by atoms with E-state index in [-0.39, 0.29) is 12.3 Å². The molecule has 0 spiro atoms. The summed E-state index contributed by atoms with van der Waals surface area (Å²) in [7, 11) is 0. The summed E-state index contributed by atoms with van der Waals surface area (Å²) in [5.41, 5.74) is 2.26. The molecule has 0 aliphatic heterocycles. The van der Waals surface area contributed by atoms with E-state index in [1.54, 1.807) is 25.1 Å². The maximum atomic E-state index is 12.6. The Hall–Kier alpha value is -1.85. The number of carbonyl (C=O) groups is 2. The van der Waals surface area contributed by atoms with E-state index in [4.69, 9.17) is 16.7 Å². The number of hydrogen-bond donors (Lipinski definition) is 2. The second kappa shape index (κ2) is 8.31. The number of halogens is 2. The van der Waals surface area contributed by atoms with Crippen LogP contribution in [-0.2, 0) is 16.0 Å². The number of carboxylic acids is 1. The fourth-order valence-electron chi connectivity index (χ4n) is 2.35. The van der Waals surface area contributed by atoms with Gasteiger partial charge >= 0.3 is 5.97 Å². The maximum absolute atomic E-state index is 12.6. The van der Waals surface area contributed by atoms with Gasteiger partial charge in [0.15, 0.2) is 0 Å². The lowest BCUT2D eigenvalue weighted by molar-refractivity contribution is -0.140. The summed E-state index contributed by atoms with van der Waals surface area (Å²) in [6.07, 6.45) is 0.118. The standard InChI is InChI=1S/C18H17BrClNO3/c1-11-15(20)3-2-4-16(11)21-18(24)13(10-17(22)23)9-12-5-7-14(19)8-6-12/h2-8,13H,9-10H2,1H3,(H,21,24)(H,22,23)/t13-/m0/s1. The third kappa shape index (κ3) is 5.08. The van der Waals surface area contributed by atoms with E-state index < -0.39 is 11.9 Å². The summed E-state index contributed by atoms with van der Waals surface area (Å²) in [4.78, 5) is 23.7. The SMILES string of the molecule is Cc1c(Cl)cccc1NC(=O)[C@H](CC(=O)O)Cc1ccc(Br)cc1. The predicted octanol–water partition coefficient (Wildman–Crippen LogP) is 4.68. The van der Waals surface area contributed by atoms with Crippen LogP contribution in [0.15, 0.2) is 46.9 Å². The molecule has 0 unspecified atom stereocenters. The topological polar surface area (TPSA) is 66.4 Å². The van der Waals surface area contributed by atoms with Crippen LogP contribution in [-0.4, -0.2) is 17.0 Å². The average molecular weight is 411 g/mol. The summed E-state index contributed by atoms with van der Waals surface area (Å²) in [6.45, 7) is 1.80. The van der Waals surface area contributed by atoms with E-state index in [9.17, 15) is 9.59 Å². The fourth-order valence-corrected chi connectivity index (χ4v) is 2.79. The van der Waals surface area contributed by atoms with Crippen molar-refractivity contribution in [3.8, 4) is 0 Å². The van der Waals surface area contributed by atoms with E-state index in [1.807, 2.05) is 24.3 Å². The monoisotopic (exact) mass is 409 g/mol. The molecule has 0 radical (unpaired) electrons. The molecule has 2 aromatic rings. The molecule has 1 atom stereocenters. The zero-order chi connectivity index (χ0) is 17.7. The number of benzene rings is 2. The molecule has 4 nitrogen and oxygen atoms in total. The molecule has 24 heavy (non-hydrogen) atoms. The number of carbonyl (C=O) groups excluding carboxylic acids is 1. The van der Waals surface area contributed by atoms with Crippen LogP contribution in [0.4, 0.5) is 5.69 Å². The second-order valence-electron chi connectivity index (χ2n) is 5.53. The molecule has 2 N–H and O–H groups in total. The van der Waals surface area contributed by atoms with Crippen LogP contribution in [0.3, 0.4) is 0 Å². The maximum Gasteiger partial charge on any atom is 0.304 e. The van der Waals surface area contributed by atoms with Gasteiger partial charge in [0.2, 0.25) is 5.91 Å². The normalized spacial score (nSPS) is 11.8. The molecule has 0 aliphatic carbocycles. The van der Waals surface area contributed by atoms with Gasteiger partial charge in [-0.2, -0.15) is 0 Å². The van der Waals surface area contributed by atoms with Crippen molar-refractivity contribution in [3.63, 3.8) is 0 Å². The Morgan fingerprint density at radius 2 is 1.88 bits per heavy atom. The van der Waals surface area contributed by atoms with Gasteiger partial charge in [-0.15, -0.1) is 0 Å². The summed E-state index contributed by atoms with van der Waals surface area (Å²) < 4.78 is 0.931. The summed E-state index contributed by atoms with van der Waals surface area (Å²) in [5, 5.41) is 12.5. The van der Waals surface area contributed by atoms with Gasteiger partial charge in [-0.05, 0) is 48.7 Å². The number of amides is 1. The molecule has 0 saturated carbocycles. The molecule has 0 bridgehead atoms. The van der Waals surface area contributed by atoms with Crippen molar-refractivity contribution in [2.75, 3.05) is 5.32 Å². The Morgan fingerprint density at radius 1 is 1.21 bits per heavy atom. The van der Waals surface area contributed by atoms with E-state index in [2.05, 4.69) is 21.2 Å². The highest BCUT2D eigenvalue weighted by atomic mass is 79.9. The first-order chi connectivity index (χ1) is 11.4. The average Bonchev–Trinajstić information content (AvgIpc) is 2.53. The quantitative estimate of drug-likeness (QED) is 0.726. The number of carboxylic acid groups (broad SMARTS) is 1. The molecule has 0 aromatic heterocycles. The van der Waals surface area contributed by atoms with Gasteiger partial charge < -0.3 is 10.4 Å². The van der Waals surface area contributed by atoms with Gasteiger partial charge in [0.1, 0.15) is 0 Å². The first kappa shape index (κ1) is 18.5. The van der Waals surface area contributed by atoms with E-state index in [0.29, 0.717) is 17.1 Å². The Labute approximate surface area is 154 Å². The van der Waals surface area contributed by atoms with Crippen LogP contribution in [0.5, 0.6) is 0 Å². The Kier molecular flexibility index (Phi) is 6.40. The van der Waals surface area contributed by atoms with E-state index >= 15 is 0 Å². The number of nitrogens with one attached hydrogen (secondary N) is 1. The number of aliphatic carboxylic acids is 1. The van der Waals surface area contributed by atoms with Gasteiger partial charge in [0.05, 0.1) is 12.3 Å². The lowest BCUT2D eigenvalue weighted by Gasteiger charge is -2.17. The van der Waals surface area contributed by atoms with Crippen LogP contribution in [0.25, 0.3) is 0 Å². The summed E-state index contributed by atoms with van der Waals surface area (Å²) in [6, 6.07) is 12.7. The van der Waals surface area contributed by atoms with Gasteiger partial charge in [0.25, 0.3) is 0 Å². The van der Waals surface area contributed by atoms with Crippen LogP contribution >= 0.6 is 27.5 Å². The highest BCUT2D eigenvalue weighted by Crippen LogP contribution is 2.24. The van der Waals surface area contributed by atoms with Crippen molar-refractivity contribution >= 4 is 45.1 Å². The zero-order valence-corrected chi connectivity index (χ0v) is 15.4. The lowest BCUT2D eigenvalue weighted by Crippen LogP contribution is -2.27. The predicted molar refractivity (Wildman–Crippen MR) is 98.4 cm³/mol. The summed E-state index contributed by atoms with van der Waals surface area (Å²) >= 11 is 9.41. The molecule has 2 rings (SSSR count). The first-order valence-electron chi connectivity index (χ1n) is 7.39. The Balaban J connectivity index is 2.17. The van der Waals surface area contributed by atoms with Gasteiger partial charge in [-0.3, -0.25) is 9.59 Å². The molecule has 0 aliphatic rings. The molecule has 0 saturated heterocycles. The van der Waals surface area contributed by atoms with Crippen molar-refractivity contribution in [1.29, 1.82) is 0 Å². The van der Waals surface area contributed by atoms with Crippen molar-refractivity contribution in [2.24, 2.45) is 5.92 Å². The smallest absolute Gasteiger partial charge is 0.304 e. The zero-order valence-electron chi connectivity index (χ0n) is 13.1. The largest absolute Gasteiger partial charge is 0.481 e. The second-order valence-corrected chi connectivity index (χ2v) is 6.85. The lowest BCUT2D eigenvalue weighted by atomic mass is 9.95. The fraction of sp³-hybridized carbons (Fsp3) is 0.222. The van der Waals surface area contributed by atoms with Crippen molar-refractivity contribution in [3.05, 3.63) is 63.1 Å². The molecule has 1 amide bonds. The molecule has 126 valence electrons. The van der Waals surface area contributed by atoms with Crippen molar-refractivity contribution in [1.82, 2.24) is 0 Å².